The van der Waals surface area contributed by atoms with Gasteiger partial charge in [-0.1, -0.05) is 72.8 Å². The van der Waals surface area contributed by atoms with E-state index in [-0.39, 0.29) is 16.6 Å². The second kappa shape index (κ2) is 6.78. The van der Waals surface area contributed by atoms with Crippen molar-refractivity contribution < 1.29 is 13.2 Å². The number of rotatable bonds is 4. The number of hydrogen-bond acceptors (Lipinski definition) is 3. The van der Waals surface area contributed by atoms with Crippen LogP contribution in [0.5, 0.6) is 0 Å². The van der Waals surface area contributed by atoms with Crippen molar-refractivity contribution in [3.05, 3.63) is 102 Å². The summed E-state index contributed by atoms with van der Waals surface area (Å²) in [4.78, 5) is 13.0. The minimum Gasteiger partial charge on any atom is -0.300 e. The molecule has 3 nitrogen and oxygen atoms in total. The lowest BCUT2D eigenvalue weighted by molar-refractivity contribution is -0.120. The molecular formula is C23H20O3S. The number of carbonyl (C=O) groups excluding carboxylic acids is 1. The van der Waals surface area contributed by atoms with E-state index in [1.807, 2.05) is 54.6 Å². The van der Waals surface area contributed by atoms with Crippen molar-refractivity contribution in [2.24, 2.45) is 5.92 Å². The fourth-order valence-electron chi connectivity index (χ4n) is 4.23. The highest BCUT2D eigenvalue weighted by molar-refractivity contribution is 7.91. The highest BCUT2D eigenvalue weighted by atomic mass is 32.2. The third-order valence-corrected chi connectivity index (χ3v) is 7.50. The summed E-state index contributed by atoms with van der Waals surface area (Å²) in [5.41, 5.74) is 2.62. The zero-order chi connectivity index (χ0) is 19.0. The molecule has 0 fully saturated rings. The Morgan fingerprint density at radius 2 is 1.26 bits per heavy atom. The minimum absolute atomic E-state index is 0.107. The van der Waals surface area contributed by atoms with Crippen LogP contribution in [0.15, 0.2) is 89.8 Å². The van der Waals surface area contributed by atoms with Gasteiger partial charge in [0.2, 0.25) is 0 Å². The quantitative estimate of drug-likeness (QED) is 0.671. The summed E-state index contributed by atoms with van der Waals surface area (Å²) in [6.45, 7) is 1.50. The Hall–Kier alpha value is -2.72. The van der Waals surface area contributed by atoms with E-state index in [1.54, 1.807) is 30.3 Å². The topological polar surface area (TPSA) is 51.2 Å². The zero-order valence-corrected chi connectivity index (χ0v) is 15.8. The number of benzene rings is 3. The Morgan fingerprint density at radius 3 is 1.85 bits per heavy atom. The second-order valence-electron chi connectivity index (χ2n) is 6.93. The van der Waals surface area contributed by atoms with Gasteiger partial charge in [-0.2, -0.15) is 0 Å². The van der Waals surface area contributed by atoms with Crippen molar-refractivity contribution in [2.75, 3.05) is 0 Å². The molecule has 3 aromatic rings. The van der Waals surface area contributed by atoms with E-state index in [0.29, 0.717) is 0 Å². The smallest absolute Gasteiger partial charge is 0.186 e. The van der Waals surface area contributed by atoms with Crippen LogP contribution in [0.4, 0.5) is 0 Å². The molecule has 0 aromatic heterocycles. The van der Waals surface area contributed by atoms with Gasteiger partial charge < -0.3 is 0 Å². The molecule has 4 heteroatoms. The number of sulfone groups is 1. The molecule has 4 rings (SSSR count). The van der Waals surface area contributed by atoms with E-state index in [4.69, 9.17) is 0 Å². The van der Waals surface area contributed by atoms with Gasteiger partial charge >= 0.3 is 0 Å². The van der Waals surface area contributed by atoms with E-state index in [1.165, 1.54) is 6.92 Å². The predicted octanol–water partition coefficient (Wildman–Crippen LogP) is 4.55. The third kappa shape index (κ3) is 2.90. The summed E-state index contributed by atoms with van der Waals surface area (Å²) in [6.07, 6.45) is 0. The number of fused-ring (bicyclic) bond motifs is 1. The monoisotopic (exact) mass is 376 g/mol. The second-order valence-corrected chi connectivity index (χ2v) is 9.00. The van der Waals surface area contributed by atoms with Crippen LogP contribution in [0.2, 0.25) is 0 Å². The molecule has 27 heavy (non-hydrogen) atoms. The minimum atomic E-state index is -3.71. The Balaban J connectivity index is 1.96. The first-order chi connectivity index (χ1) is 13.0. The van der Waals surface area contributed by atoms with Crippen molar-refractivity contribution in [2.45, 2.75) is 23.0 Å². The van der Waals surface area contributed by atoms with Gasteiger partial charge in [-0.3, -0.25) is 4.79 Å². The molecule has 1 aliphatic rings. The van der Waals surface area contributed by atoms with Crippen molar-refractivity contribution in [1.29, 1.82) is 0 Å². The lowest BCUT2D eigenvalue weighted by Gasteiger charge is -2.24. The number of Topliss-reactive ketones (excluding diaryl/α,β-unsaturated/α-hetero) is 1. The predicted molar refractivity (Wildman–Crippen MR) is 105 cm³/mol. The van der Waals surface area contributed by atoms with Gasteiger partial charge in [0.05, 0.1) is 4.90 Å². The normalized spacial score (nSPS) is 21.6. The molecule has 136 valence electrons. The zero-order valence-electron chi connectivity index (χ0n) is 14.9. The average molecular weight is 376 g/mol. The Labute approximate surface area is 159 Å². The first kappa shape index (κ1) is 17.7. The Bertz CT molecular complexity index is 1070. The van der Waals surface area contributed by atoms with Crippen molar-refractivity contribution in [3.63, 3.8) is 0 Å². The maximum atomic E-state index is 13.5. The molecule has 0 bridgehead atoms. The van der Waals surface area contributed by atoms with Gasteiger partial charge in [-0.25, -0.2) is 8.42 Å². The third-order valence-electron chi connectivity index (χ3n) is 5.36. The highest BCUT2D eigenvalue weighted by Gasteiger charge is 2.50. The summed E-state index contributed by atoms with van der Waals surface area (Å²) in [5.74, 6) is -1.01. The van der Waals surface area contributed by atoms with Crippen LogP contribution in [-0.2, 0) is 14.6 Å². The maximum Gasteiger partial charge on any atom is 0.186 e. The van der Waals surface area contributed by atoms with Gasteiger partial charge in [0, 0.05) is 11.8 Å². The molecule has 0 saturated heterocycles. The molecule has 0 spiro atoms. The fourth-order valence-corrected chi connectivity index (χ4v) is 6.34. The van der Waals surface area contributed by atoms with Crippen LogP contribution in [0.25, 0.3) is 0 Å². The summed E-state index contributed by atoms with van der Waals surface area (Å²) in [5, 5.41) is -0.876. The fraction of sp³-hybridized carbons (Fsp3) is 0.174. The molecule has 0 radical (unpaired) electrons. The number of ketones is 1. The van der Waals surface area contributed by atoms with E-state index in [2.05, 4.69) is 0 Å². The summed E-state index contributed by atoms with van der Waals surface area (Å²) in [7, 11) is -3.71. The van der Waals surface area contributed by atoms with Crippen LogP contribution < -0.4 is 0 Å². The average Bonchev–Trinajstić information content (AvgIpc) is 3.05. The van der Waals surface area contributed by atoms with Crippen molar-refractivity contribution in [1.82, 2.24) is 0 Å². The standard InChI is InChI=1S/C23H20O3S/c1-16(24)21-22(17-10-4-2-5-11-17)19-14-8-9-15-20(19)23(21)27(25,26)18-12-6-3-7-13-18/h2-15,21-23H,1H3/t21-,22+,23-/m0/s1. The number of hydrogen-bond donors (Lipinski definition) is 0. The maximum absolute atomic E-state index is 13.5. The van der Waals surface area contributed by atoms with Crippen LogP contribution in [0.3, 0.4) is 0 Å². The van der Waals surface area contributed by atoms with Gasteiger partial charge in [0.25, 0.3) is 0 Å². The molecule has 0 unspecified atom stereocenters. The molecular weight excluding hydrogens is 356 g/mol. The van der Waals surface area contributed by atoms with E-state index in [9.17, 15) is 13.2 Å². The summed E-state index contributed by atoms with van der Waals surface area (Å²) >= 11 is 0. The van der Waals surface area contributed by atoms with Gasteiger partial charge in [-0.15, -0.1) is 0 Å². The van der Waals surface area contributed by atoms with Crippen LogP contribution in [-0.4, -0.2) is 14.2 Å². The van der Waals surface area contributed by atoms with E-state index < -0.39 is 21.0 Å². The molecule has 0 heterocycles. The first-order valence-electron chi connectivity index (χ1n) is 8.95. The molecule has 0 saturated carbocycles. The molecule has 1 aliphatic carbocycles. The SMILES string of the molecule is CC(=O)[C@H]1[C@H](c2ccccc2)c2ccccc2[C@@H]1S(=O)(=O)c1ccccc1. The lowest BCUT2D eigenvalue weighted by atomic mass is 9.84. The van der Waals surface area contributed by atoms with Crippen molar-refractivity contribution >= 4 is 15.6 Å². The van der Waals surface area contributed by atoms with Crippen molar-refractivity contribution in [3.8, 4) is 0 Å². The highest BCUT2D eigenvalue weighted by Crippen LogP contribution is 2.53. The largest absolute Gasteiger partial charge is 0.300 e. The Morgan fingerprint density at radius 1 is 0.741 bits per heavy atom. The first-order valence-corrected chi connectivity index (χ1v) is 10.5. The molecule has 0 aliphatic heterocycles. The van der Waals surface area contributed by atoms with Crippen LogP contribution >= 0.6 is 0 Å². The van der Waals surface area contributed by atoms with Crippen LogP contribution in [0.1, 0.15) is 34.8 Å². The van der Waals surface area contributed by atoms with E-state index >= 15 is 0 Å². The summed E-state index contributed by atoms with van der Waals surface area (Å²) < 4.78 is 27.1. The molecule has 0 amide bonds. The van der Waals surface area contributed by atoms with Crippen LogP contribution in [0, 0.1) is 5.92 Å². The molecule has 0 N–H and O–H groups in total. The van der Waals surface area contributed by atoms with Gasteiger partial charge in [0.15, 0.2) is 9.84 Å². The molecule has 3 atom stereocenters. The van der Waals surface area contributed by atoms with Gasteiger partial charge in [-0.05, 0) is 35.7 Å². The lowest BCUT2D eigenvalue weighted by Crippen LogP contribution is -2.26. The number of carbonyl (C=O) groups is 1. The van der Waals surface area contributed by atoms with Gasteiger partial charge in [0.1, 0.15) is 11.0 Å². The Kier molecular flexibility index (Phi) is 4.44. The summed E-state index contributed by atoms with van der Waals surface area (Å²) in [6, 6.07) is 25.7. The molecule has 3 aromatic carbocycles. The van der Waals surface area contributed by atoms with E-state index in [0.717, 1.165) is 16.7 Å².